The smallest absolute Gasteiger partial charge is 0.0682 e. The first-order valence-corrected chi connectivity index (χ1v) is 5.18. The minimum Gasteiger partial charge on any atom is -0.392 e. The van der Waals surface area contributed by atoms with Gasteiger partial charge in [0.15, 0.2) is 0 Å². The van der Waals surface area contributed by atoms with Crippen LogP contribution in [0.15, 0.2) is 18.2 Å². The Morgan fingerprint density at radius 2 is 2.21 bits per heavy atom. The Morgan fingerprint density at radius 3 is 2.79 bits per heavy atom. The van der Waals surface area contributed by atoms with Crippen LogP contribution in [0.3, 0.4) is 0 Å². The summed E-state index contributed by atoms with van der Waals surface area (Å²) in [6.45, 7) is 1.05. The van der Waals surface area contributed by atoms with Crippen molar-refractivity contribution in [3.8, 4) is 0 Å². The lowest BCUT2D eigenvalue weighted by Gasteiger charge is -2.05. The summed E-state index contributed by atoms with van der Waals surface area (Å²) in [4.78, 5) is 0. The molecule has 0 fully saturated rings. The van der Waals surface area contributed by atoms with Crippen LogP contribution in [0.1, 0.15) is 17.5 Å². The van der Waals surface area contributed by atoms with Gasteiger partial charge in [0.2, 0.25) is 0 Å². The SMILES string of the molecule is CNCCCc1ccc(CO)cc1Cl. The highest BCUT2D eigenvalue weighted by Crippen LogP contribution is 2.19. The molecule has 3 heteroatoms. The third-order valence-corrected chi connectivity index (χ3v) is 2.52. The molecule has 0 heterocycles. The van der Waals surface area contributed by atoms with E-state index in [1.807, 2.05) is 25.2 Å². The van der Waals surface area contributed by atoms with Crippen LogP contribution in [0.2, 0.25) is 5.02 Å². The normalized spacial score (nSPS) is 10.5. The summed E-state index contributed by atoms with van der Waals surface area (Å²) in [6, 6.07) is 5.74. The van der Waals surface area contributed by atoms with Crippen LogP contribution < -0.4 is 5.32 Å². The summed E-state index contributed by atoms with van der Waals surface area (Å²) in [7, 11) is 1.94. The molecule has 0 radical (unpaired) electrons. The summed E-state index contributed by atoms with van der Waals surface area (Å²) in [5.41, 5.74) is 2.02. The van der Waals surface area contributed by atoms with Crippen LogP contribution >= 0.6 is 11.6 Å². The molecule has 0 spiro atoms. The number of benzene rings is 1. The van der Waals surface area contributed by atoms with Crippen LogP contribution in [0.5, 0.6) is 0 Å². The number of halogens is 1. The quantitative estimate of drug-likeness (QED) is 0.734. The van der Waals surface area contributed by atoms with Crippen molar-refractivity contribution in [2.24, 2.45) is 0 Å². The van der Waals surface area contributed by atoms with Crippen molar-refractivity contribution in [2.45, 2.75) is 19.4 Å². The Kier molecular flexibility index (Phi) is 4.94. The Labute approximate surface area is 89.9 Å². The minimum absolute atomic E-state index is 0.0521. The van der Waals surface area contributed by atoms with Crippen LogP contribution in [-0.4, -0.2) is 18.7 Å². The van der Waals surface area contributed by atoms with E-state index in [9.17, 15) is 0 Å². The van der Waals surface area contributed by atoms with Gasteiger partial charge < -0.3 is 10.4 Å². The number of aryl methyl sites for hydroxylation is 1. The zero-order valence-electron chi connectivity index (χ0n) is 8.39. The second kappa shape index (κ2) is 6.02. The van der Waals surface area contributed by atoms with Crippen LogP contribution in [0.25, 0.3) is 0 Å². The molecule has 0 aliphatic rings. The molecule has 0 aromatic heterocycles. The molecule has 0 atom stereocenters. The fourth-order valence-corrected chi connectivity index (χ4v) is 1.65. The van der Waals surface area contributed by atoms with E-state index in [-0.39, 0.29) is 6.61 Å². The van der Waals surface area contributed by atoms with Gasteiger partial charge in [-0.05, 0) is 43.6 Å². The van der Waals surface area contributed by atoms with Crippen LogP contribution in [0.4, 0.5) is 0 Å². The molecule has 2 N–H and O–H groups in total. The highest BCUT2D eigenvalue weighted by atomic mass is 35.5. The number of aliphatic hydroxyl groups excluding tert-OH is 1. The topological polar surface area (TPSA) is 32.3 Å². The lowest BCUT2D eigenvalue weighted by atomic mass is 10.1. The van der Waals surface area contributed by atoms with Gasteiger partial charge >= 0.3 is 0 Å². The van der Waals surface area contributed by atoms with Gasteiger partial charge in [-0.25, -0.2) is 0 Å². The Morgan fingerprint density at radius 1 is 1.43 bits per heavy atom. The van der Waals surface area contributed by atoms with Gasteiger partial charge in [0.1, 0.15) is 0 Å². The fourth-order valence-electron chi connectivity index (χ4n) is 1.35. The second-order valence-corrected chi connectivity index (χ2v) is 3.70. The van der Waals surface area contributed by atoms with Crippen molar-refractivity contribution < 1.29 is 5.11 Å². The maximum absolute atomic E-state index is 8.90. The van der Waals surface area contributed by atoms with Gasteiger partial charge in [-0.15, -0.1) is 0 Å². The van der Waals surface area contributed by atoms with Crippen LogP contribution in [-0.2, 0) is 13.0 Å². The van der Waals surface area contributed by atoms with E-state index in [0.29, 0.717) is 0 Å². The van der Waals surface area contributed by atoms with Crippen LogP contribution in [0, 0.1) is 0 Å². The number of hydrogen-bond donors (Lipinski definition) is 2. The molecular weight excluding hydrogens is 198 g/mol. The fraction of sp³-hybridized carbons (Fsp3) is 0.455. The highest BCUT2D eigenvalue weighted by Gasteiger charge is 2.00. The average Bonchev–Trinajstić information content (AvgIpc) is 2.20. The molecule has 0 amide bonds. The molecule has 0 unspecified atom stereocenters. The van der Waals surface area contributed by atoms with Gasteiger partial charge in [-0.1, -0.05) is 23.7 Å². The Bertz CT molecular complexity index is 289. The molecule has 14 heavy (non-hydrogen) atoms. The van der Waals surface area contributed by atoms with Crippen molar-refractivity contribution in [3.63, 3.8) is 0 Å². The van der Waals surface area contributed by atoms with E-state index in [1.165, 1.54) is 0 Å². The van der Waals surface area contributed by atoms with Gasteiger partial charge in [-0.2, -0.15) is 0 Å². The summed E-state index contributed by atoms with van der Waals surface area (Å²) in [6.07, 6.45) is 2.06. The summed E-state index contributed by atoms with van der Waals surface area (Å²) < 4.78 is 0. The highest BCUT2D eigenvalue weighted by molar-refractivity contribution is 6.31. The van der Waals surface area contributed by atoms with Gasteiger partial charge in [0.05, 0.1) is 6.61 Å². The predicted molar refractivity (Wildman–Crippen MR) is 59.6 cm³/mol. The predicted octanol–water partition coefficient (Wildman–Crippen LogP) is 1.98. The first kappa shape index (κ1) is 11.5. The number of nitrogens with one attached hydrogen (secondary N) is 1. The maximum atomic E-state index is 8.90. The van der Waals surface area contributed by atoms with E-state index < -0.39 is 0 Å². The first-order valence-electron chi connectivity index (χ1n) is 4.80. The third-order valence-electron chi connectivity index (χ3n) is 2.17. The van der Waals surface area contributed by atoms with E-state index in [1.54, 1.807) is 0 Å². The average molecular weight is 214 g/mol. The lowest BCUT2D eigenvalue weighted by Crippen LogP contribution is -2.08. The molecule has 1 rings (SSSR count). The molecule has 0 aliphatic carbocycles. The molecule has 0 bridgehead atoms. The number of rotatable bonds is 5. The van der Waals surface area contributed by atoms with E-state index >= 15 is 0 Å². The minimum atomic E-state index is 0.0521. The summed E-state index contributed by atoms with van der Waals surface area (Å²) in [5, 5.41) is 12.8. The van der Waals surface area contributed by atoms with Crippen molar-refractivity contribution in [2.75, 3.05) is 13.6 Å². The molecule has 0 aliphatic heterocycles. The van der Waals surface area contributed by atoms with E-state index in [2.05, 4.69) is 5.32 Å². The molecule has 1 aromatic carbocycles. The largest absolute Gasteiger partial charge is 0.392 e. The summed E-state index contributed by atoms with van der Waals surface area (Å²) >= 11 is 6.06. The molecule has 1 aromatic rings. The van der Waals surface area contributed by atoms with Crippen molar-refractivity contribution >= 4 is 11.6 Å². The summed E-state index contributed by atoms with van der Waals surface area (Å²) in [5.74, 6) is 0. The van der Waals surface area contributed by atoms with Gasteiger partial charge in [0, 0.05) is 5.02 Å². The van der Waals surface area contributed by atoms with E-state index in [4.69, 9.17) is 16.7 Å². The molecule has 2 nitrogen and oxygen atoms in total. The van der Waals surface area contributed by atoms with Crippen molar-refractivity contribution in [1.29, 1.82) is 0 Å². The standard InChI is InChI=1S/C11H16ClNO/c1-13-6-2-3-10-5-4-9(8-14)7-11(10)12/h4-5,7,13-14H,2-3,6,8H2,1H3. The number of aliphatic hydroxyl groups is 1. The molecule has 78 valence electrons. The van der Waals surface area contributed by atoms with Gasteiger partial charge in [0.25, 0.3) is 0 Å². The monoisotopic (exact) mass is 213 g/mol. The second-order valence-electron chi connectivity index (χ2n) is 3.29. The zero-order valence-corrected chi connectivity index (χ0v) is 9.14. The maximum Gasteiger partial charge on any atom is 0.0682 e. The van der Waals surface area contributed by atoms with Gasteiger partial charge in [-0.3, -0.25) is 0 Å². The van der Waals surface area contributed by atoms with E-state index in [0.717, 1.165) is 35.5 Å². The van der Waals surface area contributed by atoms with Crippen molar-refractivity contribution in [3.05, 3.63) is 34.3 Å². The Balaban J connectivity index is 2.59. The zero-order chi connectivity index (χ0) is 10.4. The lowest BCUT2D eigenvalue weighted by molar-refractivity contribution is 0.282. The Hall–Kier alpha value is -0.570. The molecular formula is C11H16ClNO. The van der Waals surface area contributed by atoms with Crippen molar-refractivity contribution in [1.82, 2.24) is 5.32 Å². The molecule has 0 saturated carbocycles. The third kappa shape index (κ3) is 3.29. The number of hydrogen-bond acceptors (Lipinski definition) is 2. The first-order chi connectivity index (χ1) is 6.77. The molecule has 0 saturated heterocycles.